The minimum Gasteiger partial charge on any atom is -1.00 e. The first-order valence-electron chi connectivity index (χ1n) is 14.7. The van der Waals surface area contributed by atoms with Crippen molar-refractivity contribution in [2.45, 2.75) is 39.8 Å². The van der Waals surface area contributed by atoms with E-state index in [1.54, 1.807) is 17.7 Å². The molecule has 0 unspecified atom stereocenters. The molecule has 0 bridgehead atoms. The molecule has 0 amide bonds. The zero-order valence-electron chi connectivity index (χ0n) is 25.3. The molecular weight excluding hydrogens is 718 g/mol. The van der Waals surface area contributed by atoms with Crippen molar-refractivity contribution in [3.8, 4) is 44.5 Å². The van der Waals surface area contributed by atoms with Gasteiger partial charge in [0.05, 0.1) is 0 Å². The van der Waals surface area contributed by atoms with Crippen molar-refractivity contribution in [3.63, 3.8) is 0 Å². The Morgan fingerprint density at radius 3 is 1.16 bits per heavy atom. The van der Waals surface area contributed by atoms with Crippen LogP contribution in [0.5, 0.6) is 0 Å². The van der Waals surface area contributed by atoms with E-state index >= 15 is 0 Å². The van der Waals surface area contributed by atoms with Gasteiger partial charge in [-0.1, -0.05) is 0 Å². The molecule has 0 heterocycles. The van der Waals surface area contributed by atoms with Crippen molar-refractivity contribution in [1.29, 1.82) is 0 Å². The monoisotopic (exact) mass is 748 g/mol. The molecule has 0 atom stereocenters. The number of benzene rings is 2. The van der Waals surface area contributed by atoms with E-state index in [0.717, 1.165) is 22.9 Å². The Hall–Kier alpha value is -1.90. The summed E-state index contributed by atoms with van der Waals surface area (Å²) in [6.07, 6.45) is 2.10. The van der Waals surface area contributed by atoms with Crippen LogP contribution >= 0.6 is 23.2 Å². The SMILES string of the molecule is CCc1cc2c(-c3ccc(Cl)cc3)ccccc-2[c]1[Zr+2]([c]1c(CC)cc2c(-c3ccc(Cl)cc3)ccccc1-2)=[Si](C)C.[Cl-].[Cl-]. The number of fused-ring (bicyclic) bond motifs is 2. The molecule has 0 fully saturated rings. The first-order chi connectivity index (χ1) is 20.4. The maximum Gasteiger partial charge on any atom is -1.00 e. The zero-order valence-corrected chi connectivity index (χ0v) is 31.8. The summed E-state index contributed by atoms with van der Waals surface area (Å²) in [5.74, 6) is 0. The van der Waals surface area contributed by atoms with E-state index in [9.17, 15) is 0 Å². The third kappa shape index (κ3) is 6.64. The van der Waals surface area contributed by atoms with Gasteiger partial charge >= 0.3 is 270 Å². The predicted molar refractivity (Wildman–Crippen MR) is 183 cm³/mol. The van der Waals surface area contributed by atoms with Crippen LogP contribution in [-0.2, 0) is 33.2 Å². The third-order valence-electron chi connectivity index (χ3n) is 8.32. The minimum atomic E-state index is -2.41. The van der Waals surface area contributed by atoms with E-state index in [0.29, 0.717) is 0 Å². The van der Waals surface area contributed by atoms with Crippen molar-refractivity contribution < 1.29 is 45.2 Å². The maximum absolute atomic E-state index is 6.28. The van der Waals surface area contributed by atoms with Crippen LogP contribution in [0.4, 0.5) is 0 Å². The van der Waals surface area contributed by atoms with Crippen LogP contribution in [0.3, 0.4) is 0 Å². The van der Waals surface area contributed by atoms with Crippen LogP contribution in [0.25, 0.3) is 44.5 Å². The average Bonchev–Trinajstić information content (AvgIpc) is 3.34. The van der Waals surface area contributed by atoms with E-state index in [1.165, 1.54) is 44.5 Å². The fourth-order valence-electron chi connectivity index (χ4n) is 6.38. The van der Waals surface area contributed by atoms with Gasteiger partial charge in [-0.2, -0.15) is 0 Å². The van der Waals surface area contributed by atoms with E-state index in [2.05, 4.69) is 112 Å². The van der Waals surface area contributed by atoms with Crippen LogP contribution < -0.4 is 31.4 Å². The Bertz CT molecular complexity index is 1740. The molecule has 0 saturated heterocycles. The van der Waals surface area contributed by atoms with E-state index in [4.69, 9.17) is 23.2 Å². The molecule has 6 heteroatoms. The van der Waals surface area contributed by atoms with Gasteiger partial charge in [0.2, 0.25) is 0 Å². The van der Waals surface area contributed by atoms with Gasteiger partial charge in [0.1, 0.15) is 0 Å². The summed E-state index contributed by atoms with van der Waals surface area (Å²) in [6.45, 7) is 9.81. The first kappa shape index (κ1) is 35.0. The summed E-state index contributed by atoms with van der Waals surface area (Å²) in [7, 11) is 0. The molecular formula is C38H34Cl4SiZr. The third-order valence-corrected chi connectivity index (χ3v) is 25.5. The van der Waals surface area contributed by atoms with E-state index in [1.807, 2.05) is 24.3 Å². The predicted octanol–water partition coefficient (Wildman–Crippen LogP) is 4.49. The molecule has 44 heavy (non-hydrogen) atoms. The van der Waals surface area contributed by atoms with Gasteiger partial charge in [-0.15, -0.1) is 0 Å². The van der Waals surface area contributed by atoms with Crippen LogP contribution in [0.2, 0.25) is 23.1 Å². The summed E-state index contributed by atoms with van der Waals surface area (Å²) >= 11 is 10.1. The second-order valence-corrected chi connectivity index (χ2v) is 28.6. The van der Waals surface area contributed by atoms with E-state index in [-0.39, 0.29) is 24.8 Å². The Labute approximate surface area is 292 Å². The van der Waals surface area contributed by atoms with Gasteiger partial charge in [0.25, 0.3) is 0 Å². The summed E-state index contributed by atoms with van der Waals surface area (Å²) in [4.78, 5) is 0. The largest absolute Gasteiger partial charge is 1.00 e. The normalized spacial score (nSPS) is 10.6. The number of hydrogen-bond donors (Lipinski definition) is 0. The fourth-order valence-corrected chi connectivity index (χ4v) is 24.3. The topological polar surface area (TPSA) is 0 Å². The molecule has 0 radical (unpaired) electrons. The molecule has 6 rings (SSSR count). The molecule has 2 aromatic rings. The number of aryl methyl sites for hydroxylation is 2. The fraction of sp³-hybridized carbons (Fsp3) is 0.158. The van der Waals surface area contributed by atoms with Crippen molar-refractivity contribution >= 4 is 35.2 Å². The van der Waals surface area contributed by atoms with Crippen LogP contribution in [0, 0.1) is 0 Å². The molecule has 222 valence electrons. The molecule has 2 aromatic carbocycles. The van der Waals surface area contributed by atoms with Gasteiger partial charge in [-0.25, -0.2) is 0 Å². The van der Waals surface area contributed by atoms with Gasteiger partial charge in [0, 0.05) is 0 Å². The summed E-state index contributed by atoms with van der Waals surface area (Å²) in [5, 5.41) is 1.54. The number of hydrogen-bond acceptors (Lipinski definition) is 0. The smallest absolute Gasteiger partial charge is 1.00 e. The van der Waals surface area contributed by atoms with Crippen molar-refractivity contribution in [2.75, 3.05) is 0 Å². The van der Waals surface area contributed by atoms with Crippen molar-refractivity contribution in [2.24, 2.45) is 0 Å². The molecule has 0 aromatic heterocycles. The summed E-state index contributed by atoms with van der Waals surface area (Å²) in [5.41, 5.74) is 13.1. The van der Waals surface area contributed by atoms with Gasteiger partial charge < -0.3 is 24.8 Å². The quantitative estimate of drug-likeness (QED) is 0.221. The van der Waals surface area contributed by atoms with Crippen LogP contribution in [0.1, 0.15) is 25.0 Å². The Balaban J connectivity index is 0.00000221. The van der Waals surface area contributed by atoms with Crippen molar-refractivity contribution in [1.82, 2.24) is 0 Å². The summed E-state index contributed by atoms with van der Waals surface area (Å²) < 4.78 is 3.42. The maximum atomic E-state index is 6.28. The van der Waals surface area contributed by atoms with Gasteiger partial charge in [-0.05, 0) is 0 Å². The average molecular weight is 752 g/mol. The molecule has 4 aliphatic carbocycles. The molecule has 0 spiro atoms. The number of rotatable bonds is 6. The second kappa shape index (κ2) is 15.1. The first-order valence-corrected chi connectivity index (χ1v) is 24.1. The van der Waals surface area contributed by atoms with Gasteiger partial charge in [-0.3, -0.25) is 0 Å². The van der Waals surface area contributed by atoms with Gasteiger partial charge in [0.15, 0.2) is 0 Å². The minimum absolute atomic E-state index is 0. The standard InChI is InChI=1S/2C18H14Cl.C2H6Si.2ClH.Zr/c2*1-2-13-11-15-5-3-4-6-17(18(15)12-13)14-7-9-16(19)10-8-14;1-3-2;;;/h2*3-10,12H,2H2,1H3;1-2H3;2*1H;/q;;;;;+2/p-2. The molecule has 4 aliphatic rings. The molecule has 0 N–H and O–H groups in total. The van der Waals surface area contributed by atoms with Crippen LogP contribution in [0.15, 0.2) is 109 Å². The molecule has 0 saturated carbocycles. The second-order valence-electron chi connectivity index (χ2n) is 11.1. The Morgan fingerprint density at radius 1 is 0.500 bits per heavy atom. The number of halogens is 4. The molecule has 0 aliphatic heterocycles. The van der Waals surface area contributed by atoms with E-state index < -0.39 is 25.8 Å². The van der Waals surface area contributed by atoms with Crippen LogP contribution in [-0.4, -0.2) is 5.43 Å². The Kier molecular flexibility index (Phi) is 12.0. The van der Waals surface area contributed by atoms with Crippen molar-refractivity contribution in [3.05, 3.63) is 130 Å². The Morgan fingerprint density at radius 2 is 0.841 bits per heavy atom. The summed E-state index contributed by atoms with van der Waals surface area (Å²) in [6, 6.07) is 39.9. The molecule has 0 nitrogen and oxygen atoms in total. The zero-order chi connectivity index (χ0) is 29.4.